The number of anilines is 2. The van der Waals surface area contributed by atoms with Crippen LogP contribution in [-0.2, 0) is 23.0 Å². The van der Waals surface area contributed by atoms with Crippen LogP contribution in [0.25, 0.3) is 22.2 Å². The third-order valence-electron chi connectivity index (χ3n) is 8.17. The summed E-state index contributed by atoms with van der Waals surface area (Å²) in [5, 5.41) is 0.872. The first-order valence-corrected chi connectivity index (χ1v) is 18.1. The number of halogens is 1. The number of furan rings is 1. The van der Waals surface area contributed by atoms with Crippen molar-refractivity contribution in [1.29, 1.82) is 0 Å². The molecule has 2 aromatic heterocycles. The Morgan fingerprint density at radius 2 is 1.67 bits per heavy atom. The molecular formula is C38H45FN4O4S. The number of aromatic nitrogens is 2. The summed E-state index contributed by atoms with van der Waals surface area (Å²) in [6.07, 6.45) is 2.85. The van der Waals surface area contributed by atoms with Crippen LogP contribution in [0.2, 0.25) is 0 Å². The Balaban J connectivity index is 1.45. The molecule has 10 heteroatoms. The highest BCUT2D eigenvalue weighted by Crippen LogP contribution is 2.39. The molecule has 0 aliphatic carbocycles. The molecule has 0 aliphatic heterocycles. The molecule has 0 N–H and O–H groups in total. The highest BCUT2D eigenvalue weighted by atomic mass is 32.2. The fraction of sp³-hybridized carbons (Fsp3) is 0.368. The van der Waals surface area contributed by atoms with Crippen molar-refractivity contribution in [3.8, 4) is 17.1 Å². The average Bonchev–Trinajstić information content (AvgIpc) is 3.46. The summed E-state index contributed by atoms with van der Waals surface area (Å²) in [5.74, 6) is 2.74. The Labute approximate surface area is 283 Å². The highest BCUT2D eigenvalue weighted by molar-refractivity contribution is 7.90. The second-order valence-corrected chi connectivity index (χ2v) is 16.6. The van der Waals surface area contributed by atoms with Gasteiger partial charge < -0.3 is 14.1 Å². The van der Waals surface area contributed by atoms with Crippen molar-refractivity contribution in [2.75, 3.05) is 23.5 Å². The van der Waals surface area contributed by atoms with E-state index in [4.69, 9.17) is 14.1 Å². The van der Waals surface area contributed by atoms with E-state index in [9.17, 15) is 12.8 Å². The zero-order chi connectivity index (χ0) is 34.9. The Morgan fingerprint density at radius 1 is 0.896 bits per heavy atom. The first-order chi connectivity index (χ1) is 22.5. The maximum Gasteiger partial charge on any atom is 0.148 e. The lowest BCUT2D eigenvalue weighted by Gasteiger charge is -2.37. The number of rotatable bonds is 11. The fourth-order valence-electron chi connectivity index (χ4n) is 5.66. The second-order valence-electron chi connectivity index (χ2n) is 14.3. The van der Waals surface area contributed by atoms with Gasteiger partial charge >= 0.3 is 0 Å². The molecule has 2 heterocycles. The first-order valence-electron chi connectivity index (χ1n) is 16.0. The number of fused-ring (bicyclic) bond motifs is 1. The van der Waals surface area contributed by atoms with Crippen LogP contribution in [0, 0.1) is 12.7 Å². The Kier molecular flexibility index (Phi) is 9.99. The third-order valence-corrected chi connectivity index (χ3v) is 9.09. The van der Waals surface area contributed by atoms with E-state index in [2.05, 4.69) is 68.5 Å². The molecule has 0 bridgehead atoms. The number of sulfone groups is 1. The monoisotopic (exact) mass is 672 g/mol. The Bertz CT molecular complexity index is 2010. The van der Waals surface area contributed by atoms with Gasteiger partial charge in [-0.3, -0.25) is 4.90 Å². The summed E-state index contributed by atoms with van der Waals surface area (Å²) in [7, 11) is -3.10. The summed E-state index contributed by atoms with van der Waals surface area (Å²) in [4.78, 5) is 13.7. The normalized spacial score (nSPS) is 12.5. The van der Waals surface area contributed by atoms with Crippen LogP contribution in [0.5, 0.6) is 5.75 Å². The first kappa shape index (κ1) is 35.0. The molecule has 254 valence electrons. The molecule has 5 aromatic rings. The molecule has 0 saturated heterocycles. The van der Waals surface area contributed by atoms with Crippen LogP contribution in [0.1, 0.15) is 58.4 Å². The van der Waals surface area contributed by atoms with Crippen LogP contribution < -0.4 is 9.64 Å². The molecule has 8 nitrogen and oxygen atoms in total. The van der Waals surface area contributed by atoms with Gasteiger partial charge in [0.25, 0.3) is 0 Å². The molecule has 0 amide bonds. The summed E-state index contributed by atoms with van der Waals surface area (Å²) in [6, 6.07) is 22.4. The molecular weight excluding hydrogens is 628 g/mol. The van der Waals surface area contributed by atoms with Gasteiger partial charge in [0, 0.05) is 40.5 Å². The van der Waals surface area contributed by atoms with Crippen molar-refractivity contribution in [3.05, 3.63) is 102 Å². The van der Waals surface area contributed by atoms with Gasteiger partial charge in [-0.15, -0.1) is 0 Å². The summed E-state index contributed by atoms with van der Waals surface area (Å²) in [6.45, 7) is 15.8. The minimum absolute atomic E-state index is 0.0831. The number of aryl methyl sites for hydroxylation is 1. The number of benzene rings is 3. The van der Waals surface area contributed by atoms with Gasteiger partial charge in [0.05, 0.1) is 17.8 Å². The van der Waals surface area contributed by atoms with Crippen LogP contribution in [-0.4, -0.2) is 52.9 Å². The maximum atomic E-state index is 13.7. The molecule has 0 aliphatic rings. The lowest BCUT2D eigenvalue weighted by molar-refractivity contribution is 0.127. The van der Waals surface area contributed by atoms with E-state index in [0.717, 1.165) is 50.6 Å². The average molecular weight is 673 g/mol. The largest absolute Gasteiger partial charge is 0.489 e. The fourth-order valence-corrected chi connectivity index (χ4v) is 6.21. The molecule has 0 radical (unpaired) electrons. The van der Waals surface area contributed by atoms with Crippen LogP contribution in [0.4, 0.5) is 15.9 Å². The van der Waals surface area contributed by atoms with Crippen molar-refractivity contribution in [3.63, 3.8) is 0 Å². The standard InChI is InChI=1S/C38H45FN4O4S/c1-26-20-30(13-16-34(26)46-24-27-10-9-11-29(39)21-27)43(38(5,6)7)36-32-22-28(12-15-33(32)40-25-41-36)35-17-14-31(47-35)23-42(37(2,3)4)18-19-48(8,44)45/h9-17,20-22,25H,18-19,23-24H2,1-8H3. The smallest absolute Gasteiger partial charge is 0.148 e. The lowest BCUT2D eigenvalue weighted by Crippen LogP contribution is -2.43. The lowest BCUT2D eigenvalue weighted by atomic mass is 10.0. The minimum Gasteiger partial charge on any atom is -0.489 e. The Hall–Kier alpha value is -4.28. The molecule has 0 unspecified atom stereocenters. The van der Waals surface area contributed by atoms with Gasteiger partial charge in [-0.05, 0) is 120 Å². The molecule has 0 atom stereocenters. The topological polar surface area (TPSA) is 88.8 Å². The van der Waals surface area contributed by atoms with Crippen molar-refractivity contribution in [2.45, 2.75) is 72.7 Å². The van der Waals surface area contributed by atoms with Gasteiger partial charge in [0.1, 0.15) is 51.7 Å². The van der Waals surface area contributed by atoms with Crippen molar-refractivity contribution in [1.82, 2.24) is 14.9 Å². The highest BCUT2D eigenvalue weighted by Gasteiger charge is 2.28. The van der Waals surface area contributed by atoms with E-state index >= 15 is 0 Å². The Morgan fingerprint density at radius 3 is 2.33 bits per heavy atom. The van der Waals surface area contributed by atoms with Gasteiger partial charge in [-0.1, -0.05) is 12.1 Å². The van der Waals surface area contributed by atoms with Gasteiger partial charge in [-0.2, -0.15) is 0 Å². The summed E-state index contributed by atoms with van der Waals surface area (Å²) >= 11 is 0. The zero-order valence-electron chi connectivity index (χ0n) is 29.0. The van der Waals surface area contributed by atoms with Crippen LogP contribution in [0.3, 0.4) is 0 Å². The van der Waals surface area contributed by atoms with Crippen molar-refractivity contribution < 1.29 is 22.0 Å². The predicted molar refractivity (Wildman–Crippen MR) is 191 cm³/mol. The zero-order valence-corrected chi connectivity index (χ0v) is 29.9. The quantitative estimate of drug-likeness (QED) is 0.138. The van der Waals surface area contributed by atoms with Crippen molar-refractivity contribution in [2.24, 2.45) is 0 Å². The van der Waals surface area contributed by atoms with Gasteiger partial charge in [0.15, 0.2) is 0 Å². The van der Waals surface area contributed by atoms with E-state index in [1.54, 1.807) is 12.4 Å². The number of nitrogens with zero attached hydrogens (tertiary/aromatic N) is 4. The maximum absolute atomic E-state index is 13.7. The predicted octanol–water partition coefficient (Wildman–Crippen LogP) is 8.50. The van der Waals surface area contributed by atoms with E-state index in [0.29, 0.717) is 18.8 Å². The molecule has 5 rings (SSSR count). The minimum atomic E-state index is -3.10. The van der Waals surface area contributed by atoms with E-state index < -0.39 is 9.84 Å². The second kappa shape index (κ2) is 13.7. The molecule has 3 aromatic carbocycles. The number of hydrogen-bond acceptors (Lipinski definition) is 8. The van der Waals surface area contributed by atoms with E-state index in [1.807, 2.05) is 49.4 Å². The van der Waals surface area contributed by atoms with Gasteiger partial charge in [-0.25, -0.2) is 22.8 Å². The van der Waals surface area contributed by atoms with Crippen LogP contribution in [0.15, 0.2) is 83.5 Å². The van der Waals surface area contributed by atoms with E-state index in [1.165, 1.54) is 18.4 Å². The molecule has 0 saturated carbocycles. The molecule has 0 fully saturated rings. The number of ether oxygens (including phenoxy) is 1. The van der Waals surface area contributed by atoms with Crippen LogP contribution >= 0.6 is 0 Å². The SMILES string of the molecule is Cc1cc(N(c2ncnc3ccc(-c4ccc(CN(CCS(C)(=O)=O)C(C)(C)C)o4)cc23)C(C)(C)C)ccc1OCc1cccc(F)c1. The molecule has 0 spiro atoms. The third kappa shape index (κ3) is 8.59. The summed E-state index contributed by atoms with van der Waals surface area (Å²) in [5.41, 5.74) is 3.74. The van der Waals surface area contributed by atoms with Gasteiger partial charge in [0.2, 0.25) is 0 Å². The molecule has 48 heavy (non-hydrogen) atoms. The summed E-state index contributed by atoms with van der Waals surface area (Å²) < 4.78 is 49.8. The van der Waals surface area contributed by atoms with Crippen molar-refractivity contribution >= 4 is 32.2 Å². The van der Waals surface area contributed by atoms with E-state index in [-0.39, 0.29) is 29.3 Å². The number of hydrogen-bond donors (Lipinski definition) is 0.